The predicted octanol–water partition coefficient (Wildman–Crippen LogP) is 2.18. The lowest BCUT2D eigenvalue weighted by Gasteiger charge is -2.24. The van der Waals surface area contributed by atoms with Crippen LogP contribution in [0.15, 0.2) is 42.6 Å². The van der Waals surface area contributed by atoms with Crippen LogP contribution >= 0.6 is 0 Å². The maximum atomic E-state index is 9.87. The molecule has 0 saturated heterocycles. The summed E-state index contributed by atoms with van der Waals surface area (Å²) >= 11 is 0. The molecule has 0 saturated carbocycles. The minimum atomic E-state index is -0.286. The Labute approximate surface area is 114 Å². The summed E-state index contributed by atoms with van der Waals surface area (Å²) < 4.78 is 0. The van der Waals surface area contributed by atoms with Crippen molar-refractivity contribution in [3.8, 4) is 0 Å². The number of nitrogens with one attached hydrogen (secondary N) is 1. The molecule has 0 spiro atoms. The van der Waals surface area contributed by atoms with Crippen molar-refractivity contribution in [1.29, 1.82) is 0 Å². The van der Waals surface area contributed by atoms with Gasteiger partial charge in [0.2, 0.25) is 0 Å². The van der Waals surface area contributed by atoms with E-state index in [9.17, 15) is 5.11 Å². The fourth-order valence-electron chi connectivity index (χ4n) is 2.07. The van der Waals surface area contributed by atoms with E-state index in [0.717, 1.165) is 25.2 Å². The molecule has 2 aromatic rings. The van der Waals surface area contributed by atoms with Gasteiger partial charge in [0.25, 0.3) is 0 Å². The van der Waals surface area contributed by atoms with Gasteiger partial charge in [-0.25, -0.2) is 0 Å². The molecule has 1 atom stereocenters. The zero-order chi connectivity index (χ0) is 13.5. The zero-order valence-corrected chi connectivity index (χ0v) is 11.3. The van der Waals surface area contributed by atoms with Crippen LogP contribution < -0.4 is 0 Å². The number of aliphatic hydroxyl groups excluding tert-OH is 1. The van der Waals surface area contributed by atoms with Crippen molar-refractivity contribution < 1.29 is 5.11 Å². The topological polar surface area (TPSA) is 52.1 Å². The molecule has 1 aromatic heterocycles. The van der Waals surface area contributed by atoms with Crippen LogP contribution in [-0.4, -0.2) is 32.9 Å². The van der Waals surface area contributed by atoms with E-state index in [4.69, 9.17) is 0 Å². The van der Waals surface area contributed by atoms with Gasteiger partial charge in [0.15, 0.2) is 0 Å². The summed E-state index contributed by atoms with van der Waals surface area (Å²) in [4.78, 5) is 2.23. The molecule has 0 fully saturated rings. The fraction of sp³-hybridized carbons (Fsp3) is 0.400. The van der Waals surface area contributed by atoms with Crippen LogP contribution in [0.3, 0.4) is 0 Å². The Morgan fingerprint density at radius 2 is 2.00 bits per heavy atom. The number of hydrogen-bond donors (Lipinski definition) is 2. The van der Waals surface area contributed by atoms with Gasteiger partial charge in [-0.05, 0) is 18.1 Å². The first-order valence-corrected chi connectivity index (χ1v) is 6.70. The van der Waals surface area contributed by atoms with Gasteiger partial charge < -0.3 is 5.11 Å². The number of nitrogens with zero attached hydrogens (tertiary/aromatic N) is 2. The van der Waals surface area contributed by atoms with Crippen LogP contribution in [0.4, 0.5) is 0 Å². The van der Waals surface area contributed by atoms with E-state index in [-0.39, 0.29) is 6.10 Å². The minimum Gasteiger partial charge on any atom is -0.392 e. The van der Waals surface area contributed by atoms with Crippen molar-refractivity contribution in [1.82, 2.24) is 15.1 Å². The van der Waals surface area contributed by atoms with Crippen LogP contribution in [0, 0.1) is 0 Å². The summed E-state index contributed by atoms with van der Waals surface area (Å²) in [5, 5.41) is 16.8. The molecule has 1 aromatic carbocycles. The number of hydrogen-bond acceptors (Lipinski definition) is 3. The lowest BCUT2D eigenvalue weighted by Crippen LogP contribution is -2.31. The summed E-state index contributed by atoms with van der Waals surface area (Å²) in [5.41, 5.74) is 2.32. The van der Waals surface area contributed by atoms with Crippen molar-refractivity contribution in [2.24, 2.45) is 0 Å². The first-order valence-electron chi connectivity index (χ1n) is 6.70. The Morgan fingerprint density at radius 3 is 2.63 bits per heavy atom. The van der Waals surface area contributed by atoms with E-state index in [1.54, 1.807) is 6.20 Å². The largest absolute Gasteiger partial charge is 0.392 e. The van der Waals surface area contributed by atoms with Crippen LogP contribution in [-0.2, 0) is 13.1 Å². The molecule has 4 heteroatoms. The van der Waals surface area contributed by atoms with Gasteiger partial charge in [0, 0.05) is 31.5 Å². The van der Waals surface area contributed by atoms with Gasteiger partial charge in [-0.2, -0.15) is 5.10 Å². The lowest BCUT2D eigenvalue weighted by molar-refractivity contribution is 0.101. The lowest BCUT2D eigenvalue weighted by atomic mass is 10.2. The normalized spacial score (nSPS) is 12.8. The summed E-state index contributed by atoms with van der Waals surface area (Å²) in [6.45, 7) is 4.27. The van der Waals surface area contributed by atoms with E-state index in [2.05, 4.69) is 27.2 Å². The highest BCUT2D eigenvalue weighted by atomic mass is 16.3. The molecular formula is C15H21N3O. The molecule has 19 heavy (non-hydrogen) atoms. The third-order valence-electron chi connectivity index (χ3n) is 3.14. The van der Waals surface area contributed by atoms with E-state index in [1.165, 1.54) is 5.56 Å². The molecule has 0 radical (unpaired) electrons. The number of aliphatic hydroxyl groups is 1. The second-order valence-corrected chi connectivity index (χ2v) is 4.80. The second-order valence-electron chi connectivity index (χ2n) is 4.80. The smallest absolute Gasteiger partial charge is 0.0664 e. The summed E-state index contributed by atoms with van der Waals surface area (Å²) in [6.07, 6.45) is 2.24. The Balaban J connectivity index is 2.01. The highest BCUT2D eigenvalue weighted by Gasteiger charge is 2.12. The highest BCUT2D eigenvalue weighted by Crippen LogP contribution is 2.09. The van der Waals surface area contributed by atoms with Crippen LogP contribution in [0.25, 0.3) is 0 Å². The van der Waals surface area contributed by atoms with Crippen molar-refractivity contribution in [2.45, 2.75) is 32.5 Å². The Hall–Kier alpha value is -1.65. The standard InChI is InChI=1S/C15H21N3O/c1-2-15(19)12-18(11-14-8-9-16-17-14)10-13-6-4-3-5-7-13/h3-9,15,19H,2,10-12H2,1H3,(H,16,17). The molecule has 0 amide bonds. The Kier molecular flexibility index (Phi) is 5.12. The van der Waals surface area contributed by atoms with Gasteiger partial charge in [-0.1, -0.05) is 37.3 Å². The van der Waals surface area contributed by atoms with Crippen LogP contribution in [0.1, 0.15) is 24.6 Å². The molecule has 4 nitrogen and oxygen atoms in total. The van der Waals surface area contributed by atoms with Gasteiger partial charge in [0.1, 0.15) is 0 Å². The summed E-state index contributed by atoms with van der Waals surface area (Å²) in [7, 11) is 0. The quantitative estimate of drug-likeness (QED) is 0.801. The molecule has 0 bridgehead atoms. The average Bonchev–Trinajstić information content (AvgIpc) is 2.92. The third-order valence-corrected chi connectivity index (χ3v) is 3.14. The van der Waals surface area contributed by atoms with Gasteiger partial charge in [0.05, 0.1) is 6.10 Å². The maximum absolute atomic E-state index is 9.87. The van der Waals surface area contributed by atoms with Crippen molar-refractivity contribution in [2.75, 3.05) is 6.54 Å². The molecular weight excluding hydrogens is 238 g/mol. The number of H-pyrrole nitrogens is 1. The first-order chi connectivity index (χ1) is 9.28. The van der Waals surface area contributed by atoms with E-state index >= 15 is 0 Å². The number of aromatic nitrogens is 2. The maximum Gasteiger partial charge on any atom is 0.0664 e. The predicted molar refractivity (Wildman–Crippen MR) is 75.4 cm³/mol. The fourth-order valence-corrected chi connectivity index (χ4v) is 2.07. The number of aromatic amines is 1. The van der Waals surface area contributed by atoms with E-state index < -0.39 is 0 Å². The number of benzene rings is 1. The zero-order valence-electron chi connectivity index (χ0n) is 11.3. The molecule has 2 N–H and O–H groups in total. The molecule has 0 aliphatic heterocycles. The highest BCUT2D eigenvalue weighted by molar-refractivity contribution is 5.14. The van der Waals surface area contributed by atoms with E-state index in [1.807, 2.05) is 31.2 Å². The molecule has 2 rings (SSSR count). The third kappa shape index (κ3) is 4.50. The van der Waals surface area contributed by atoms with Crippen molar-refractivity contribution >= 4 is 0 Å². The van der Waals surface area contributed by atoms with Crippen LogP contribution in [0.2, 0.25) is 0 Å². The van der Waals surface area contributed by atoms with Gasteiger partial charge in [-0.3, -0.25) is 10.00 Å². The van der Waals surface area contributed by atoms with Gasteiger partial charge >= 0.3 is 0 Å². The van der Waals surface area contributed by atoms with Crippen molar-refractivity contribution in [3.05, 3.63) is 53.9 Å². The Bertz CT molecular complexity index is 456. The molecule has 102 valence electrons. The summed E-state index contributed by atoms with van der Waals surface area (Å²) in [6, 6.07) is 12.3. The van der Waals surface area contributed by atoms with Crippen LogP contribution in [0.5, 0.6) is 0 Å². The molecule has 1 unspecified atom stereocenters. The molecule has 0 aliphatic carbocycles. The minimum absolute atomic E-state index is 0.286. The Morgan fingerprint density at radius 1 is 1.21 bits per heavy atom. The summed E-state index contributed by atoms with van der Waals surface area (Å²) in [5.74, 6) is 0. The average molecular weight is 259 g/mol. The molecule has 0 aliphatic rings. The first kappa shape index (κ1) is 13.8. The van der Waals surface area contributed by atoms with Crippen molar-refractivity contribution in [3.63, 3.8) is 0 Å². The second kappa shape index (κ2) is 7.07. The molecule has 1 heterocycles. The van der Waals surface area contributed by atoms with Gasteiger partial charge in [-0.15, -0.1) is 0 Å². The monoisotopic (exact) mass is 259 g/mol. The van der Waals surface area contributed by atoms with E-state index in [0.29, 0.717) is 6.54 Å². The number of rotatable bonds is 7. The SMILES string of the molecule is CCC(O)CN(Cc1ccccc1)Cc1ccn[nH]1.